The molecule has 0 spiro atoms. The minimum absolute atomic E-state index is 0.126. The molecule has 0 aromatic carbocycles. The van der Waals surface area contributed by atoms with Crippen molar-refractivity contribution >= 4 is 21.4 Å². The van der Waals surface area contributed by atoms with Crippen LogP contribution in [0.2, 0.25) is 0 Å². The molecule has 13 heavy (non-hydrogen) atoms. The Morgan fingerprint density at radius 2 is 1.92 bits per heavy atom. The van der Waals surface area contributed by atoms with Gasteiger partial charge >= 0.3 is 0 Å². The molecular weight excluding hydrogens is 210 g/mol. The molecule has 0 aromatic rings. The summed E-state index contributed by atoms with van der Waals surface area (Å²) < 4.78 is 21.5. The van der Waals surface area contributed by atoms with Gasteiger partial charge in [0.05, 0.1) is 5.75 Å². The zero-order valence-corrected chi connectivity index (χ0v) is 9.95. The Hall–Kier alpha value is 0.200. The lowest BCUT2D eigenvalue weighted by atomic mass is 10.2. The molecule has 5 heteroatoms. The molecule has 0 radical (unpaired) electrons. The molecule has 0 aromatic heterocycles. The highest BCUT2D eigenvalue weighted by atomic mass is 35.5. The number of hydrogen-bond acceptors (Lipinski definition) is 3. The SMILES string of the molecule is CC(Cl)CC(C)NCCS(C)(=O)=O. The van der Waals surface area contributed by atoms with Crippen molar-refractivity contribution in [2.75, 3.05) is 18.6 Å². The highest BCUT2D eigenvalue weighted by Gasteiger charge is 2.07. The third-order valence-corrected chi connectivity index (χ3v) is 2.77. The smallest absolute Gasteiger partial charge is 0.148 e. The highest BCUT2D eigenvalue weighted by molar-refractivity contribution is 7.90. The van der Waals surface area contributed by atoms with Crippen LogP contribution in [0.15, 0.2) is 0 Å². The second-order valence-corrected chi connectivity index (χ2v) is 6.51. The summed E-state index contributed by atoms with van der Waals surface area (Å²) >= 11 is 5.78. The minimum Gasteiger partial charge on any atom is -0.313 e. The van der Waals surface area contributed by atoms with Crippen LogP contribution < -0.4 is 5.32 Å². The van der Waals surface area contributed by atoms with Crippen LogP contribution >= 0.6 is 11.6 Å². The highest BCUT2D eigenvalue weighted by Crippen LogP contribution is 2.03. The third-order valence-electron chi connectivity index (χ3n) is 1.64. The van der Waals surface area contributed by atoms with Crippen LogP contribution in [0.4, 0.5) is 0 Å². The Morgan fingerprint density at radius 1 is 1.38 bits per heavy atom. The molecule has 0 saturated heterocycles. The molecule has 0 heterocycles. The van der Waals surface area contributed by atoms with Gasteiger partial charge in [-0.1, -0.05) is 0 Å². The maximum Gasteiger partial charge on any atom is 0.148 e. The summed E-state index contributed by atoms with van der Waals surface area (Å²) in [7, 11) is -2.84. The van der Waals surface area contributed by atoms with Crippen molar-refractivity contribution in [1.29, 1.82) is 0 Å². The van der Waals surface area contributed by atoms with Crippen molar-refractivity contribution in [3.8, 4) is 0 Å². The molecule has 0 aliphatic rings. The number of halogens is 1. The number of sulfone groups is 1. The van der Waals surface area contributed by atoms with E-state index in [9.17, 15) is 8.42 Å². The normalized spacial score (nSPS) is 16.9. The van der Waals surface area contributed by atoms with E-state index in [1.54, 1.807) is 0 Å². The summed E-state index contributed by atoms with van der Waals surface area (Å²) in [4.78, 5) is 0. The molecule has 1 N–H and O–H groups in total. The summed E-state index contributed by atoms with van der Waals surface area (Å²) in [5.41, 5.74) is 0. The first kappa shape index (κ1) is 13.2. The molecule has 0 aliphatic carbocycles. The fourth-order valence-corrected chi connectivity index (χ4v) is 1.82. The fraction of sp³-hybridized carbons (Fsp3) is 1.00. The Balaban J connectivity index is 3.54. The van der Waals surface area contributed by atoms with E-state index in [1.165, 1.54) is 6.26 Å². The van der Waals surface area contributed by atoms with Gasteiger partial charge in [0.25, 0.3) is 0 Å². The maximum absolute atomic E-state index is 10.8. The summed E-state index contributed by atoms with van der Waals surface area (Å²) in [6.07, 6.45) is 2.09. The van der Waals surface area contributed by atoms with Gasteiger partial charge in [0.15, 0.2) is 0 Å². The first-order valence-electron chi connectivity index (χ1n) is 4.36. The molecule has 2 atom stereocenters. The topological polar surface area (TPSA) is 46.2 Å². The number of alkyl halides is 1. The average Bonchev–Trinajstić information content (AvgIpc) is 1.81. The van der Waals surface area contributed by atoms with E-state index in [-0.39, 0.29) is 17.2 Å². The predicted octanol–water partition coefficient (Wildman–Crippen LogP) is 1.03. The van der Waals surface area contributed by atoms with Gasteiger partial charge in [0.2, 0.25) is 0 Å². The van der Waals surface area contributed by atoms with E-state index in [0.29, 0.717) is 6.54 Å². The molecule has 0 amide bonds. The average molecular weight is 228 g/mol. The molecule has 2 unspecified atom stereocenters. The monoisotopic (exact) mass is 227 g/mol. The standard InChI is InChI=1S/C8H18ClNO2S/c1-7(9)6-8(2)10-4-5-13(3,11)12/h7-8,10H,4-6H2,1-3H3. The van der Waals surface area contributed by atoms with Gasteiger partial charge in [-0.25, -0.2) is 8.42 Å². The van der Waals surface area contributed by atoms with Gasteiger partial charge in [-0.15, -0.1) is 11.6 Å². The van der Waals surface area contributed by atoms with Crippen LogP contribution in [0.5, 0.6) is 0 Å². The Kier molecular flexibility index (Phi) is 5.92. The van der Waals surface area contributed by atoms with Crippen molar-refractivity contribution in [1.82, 2.24) is 5.32 Å². The Labute approximate surface area is 85.8 Å². The van der Waals surface area contributed by atoms with E-state index in [1.807, 2.05) is 13.8 Å². The summed E-state index contributed by atoms with van der Waals surface area (Å²) in [5, 5.41) is 3.23. The van der Waals surface area contributed by atoms with Crippen LogP contribution in [0, 0.1) is 0 Å². The number of rotatable bonds is 6. The van der Waals surface area contributed by atoms with Gasteiger partial charge in [0.1, 0.15) is 9.84 Å². The molecule has 0 saturated carbocycles. The molecule has 80 valence electrons. The quantitative estimate of drug-likeness (QED) is 0.690. The molecule has 0 bridgehead atoms. The van der Waals surface area contributed by atoms with E-state index < -0.39 is 9.84 Å². The summed E-state index contributed by atoms with van der Waals surface area (Å²) in [6.45, 7) is 4.43. The van der Waals surface area contributed by atoms with Crippen molar-refractivity contribution < 1.29 is 8.42 Å². The van der Waals surface area contributed by atoms with E-state index in [2.05, 4.69) is 5.32 Å². The zero-order chi connectivity index (χ0) is 10.5. The summed E-state index contributed by atoms with van der Waals surface area (Å²) in [6, 6.07) is 0.272. The number of hydrogen-bond donors (Lipinski definition) is 1. The van der Waals surface area contributed by atoms with E-state index in [4.69, 9.17) is 11.6 Å². The van der Waals surface area contributed by atoms with Crippen molar-refractivity contribution in [2.24, 2.45) is 0 Å². The second kappa shape index (κ2) is 5.83. The van der Waals surface area contributed by atoms with Crippen LogP contribution in [0.25, 0.3) is 0 Å². The second-order valence-electron chi connectivity index (χ2n) is 3.50. The molecular formula is C8H18ClNO2S. The van der Waals surface area contributed by atoms with Gasteiger partial charge in [-0.3, -0.25) is 0 Å². The number of nitrogens with one attached hydrogen (secondary N) is 1. The lowest BCUT2D eigenvalue weighted by Crippen LogP contribution is -2.32. The van der Waals surface area contributed by atoms with Gasteiger partial charge in [0, 0.05) is 24.2 Å². The first-order valence-corrected chi connectivity index (χ1v) is 6.86. The predicted molar refractivity (Wildman–Crippen MR) is 57.1 cm³/mol. The van der Waals surface area contributed by atoms with E-state index in [0.717, 1.165) is 6.42 Å². The van der Waals surface area contributed by atoms with Gasteiger partial charge in [-0.05, 0) is 20.3 Å². The third kappa shape index (κ3) is 10.1. The zero-order valence-electron chi connectivity index (χ0n) is 8.38. The van der Waals surface area contributed by atoms with Crippen LogP contribution in [-0.2, 0) is 9.84 Å². The van der Waals surface area contributed by atoms with Crippen molar-refractivity contribution in [2.45, 2.75) is 31.7 Å². The lowest BCUT2D eigenvalue weighted by molar-refractivity contribution is 0.524. The Morgan fingerprint density at radius 3 is 2.31 bits per heavy atom. The molecule has 0 aliphatic heterocycles. The first-order chi connectivity index (χ1) is 5.81. The molecule has 0 rings (SSSR count). The van der Waals surface area contributed by atoms with Crippen LogP contribution in [0.3, 0.4) is 0 Å². The fourth-order valence-electron chi connectivity index (χ4n) is 1.06. The molecule has 0 fully saturated rings. The van der Waals surface area contributed by atoms with Crippen molar-refractivity contribution in [3.05, 3.63) is 0 Å². The minimum atomic E-state index is -2.84. The van der Waals surface area contributed by atoms with E-state index >= 15 is 0 Å². The largest absolute Gasteiger partial charge is 0.313 e. The lowest BCUT2D eigenvalue weighted by Gasteiger charge is -2.14. The maximum atomic E-state index is 10.8. The van der Waals surface area contributed by atoms with Crippen LogP contribution in [-0.4, -0.2) is 38.4 Å². The van der Waals surface area contributed by atoms with Gasteiger partial charge in [-0.2, -0.15) is 0 Å². The van der Waals surface area contributed by atoms with Crippen molar-refractivity contribution in [3.63, 3.8) is 0 Å². The van der Waals surface area contributed by atoms with Crippen LogP contribution in [0.1, 0.15) is 20.3 Å². The molecule has 3 nitrogen and oxygen atoms in total. The van der Waals surface area contributed by atoms with Gasteiger partial charge < -0.3 is 5.32 Å². The summed E-state index contributed by atoms with van der Waals surface area (Å²) in [5.74, 6) is 0.188. The Bertz CT molecular complexity index is 226.